The highest BCUT2D eigenvalue weighted by molar-refractivity contribution is 9.10. The third kappa shape index (κ3) is 3.86. The fraction of sp³-hybridized carbons (Fsp3) is 0.176. The molecule has 3 rings (SSSR count). The average Bonchev–Trinajstić information content (AvgIpc) is 3.06. The molecular formula is C17H14BrNO5. The van der Waals surface area contributed by atoms with Crippen molar-refractivity contribution in [3.8, 4) is 17.2 Å². The highest BCUT2D eigenvalue weighted by Crippen LogP contribution is 2.32. The van der Waals surface area contributed by atoms with Crippen molar-refractivity contribution in [1.82, 2.24) is 5.32 Å². The molecule has 124 valence electrons. The highest BCUT2D eigenvalue weighted by atomic mass is 79.9. The van der Waals surface area contributed by atoms with Gasteiger partial charge in [-0.3, -0.25) is 9.59 Å². The number of aldehydes is 1. The number of nitrogens with one attached hydrogen (secondary N) is 1. The number of benzene rings is 2. The van der Waals surface area contributed by atoms with E-state index in [4.69, 9.17) is 14.2 Å². The first-order valence-electron chi connectivity index (χ1n) is 7.18. The van der Waals surface area contributed by atoms with E-state index in [2.05, 4.69) is 21.2 Å². The Morgan fingerprint density at radius 2 is 2.04 bits per heavy atom. The molecule has 0 unspecified atom stereocenters. The lowest BCUT2D eigenvalue weighted by atomic mass is 10.2. The normalized spacial score (nSPS) is 11.9. The van der Waals surface area contributed by atoms with Crippen LogP contribution in [0, 0.1) is 0 Å². The number of hydrogen-bond donors (Lipinski definition) is 1. The Balaban J connectivity index is 1.52. The number of halogens is 1. The van der Waals surface area contributed by atoms with Crippen molar-refractivity contribution in [3.05, 3.63) is 52.0 Å². The molecule has 0 saturated carbocycles. The second-order valence-electron chi connectivity index (χ2n) is 5.05. The molecule has 1 aliphatic heterocycles. The summed E-state index contributed by atoms with van der Waals surface area (Å²) in [4.78, 5) is 22.9. The van der Waals surface area contributed by atoms with Crippen LogP contribution in [0.3, 0.4) is 0 Å². The number of amides is 1. The van der Waals surface area contributed by atoms with Crippen molar-refractivity contribution in [1.29, 1.82) is 0 Å². The van der Waals surface area contributed by atoms with Crippen molar-refractivity contribution >= 4 is 28.1 Å². The largest absolute Gasteiger partial charge is 0.483 e. The molecule has 0 bridgehead atoms. The molecule has 6 nitrogen and oxygen atoms in total. The van der Waals surface area contributed by atoms with E-state index in [1.165, 1.54) is 0 Å². The van der Waals surface area contributed by atoms with Gasteiger partial charge in [0, 0.05) is 11.0 Å². The lowest BCUT2D eigenvalue weighted by Gasteiger charge is -2.09. The van der Waals surface area contributed by atoms with Crippen LogP contribution in [0.1, 0.15) is 15.9 Å². The minimum atomic E-state index is -0.285. The quantitative estimate of drug-likeness (QED) is 0.766. The van der Waals surface area contributed by atoms with Gasteiger partial charge in [-0.1, -0.05) is 22.0 Å². The fourth-order valence-electron chi connectivity index (χ4n) is 2.19. The first-order chi connectivity index (χ1) is 11.7. The number of ether oxygens (including phenoxy) is 3. The maximum Gasteiger partial charge on any atom is 0.258 e. The third-order valence-electron chi connectivity index (χ3n) is 3.38. The molecule has 1 N–H and O–H groups in total. The van der Waals surface area contributed by atoms with Gasteiger partial charge >= 0.3 is 0 Å². The van der Waals surface area contributed by atoms with Crippen molar-refractivity contribution in [2.24, 2.45) is 0 Å². The molecule has 0 radical (unpaired) electrons. The van der Waals surface area contributed by atoms with Crippen LogP contribution < -0.4 is 19.5 Å². The van der Waals surface area contributed by atoms with Crippen molar-refractivity contribution < 1.29 is 23.8 Å². The van der Waals surface area contributed by atoms with Crippen LogP contribution in [-0.2, 0) is 11.3 Å². The molecule has 0 saturated heterocycles. The molecule has 2 aromatic rings. The number of fused-ring (bicyclic) bond motifs is 1. The Hall–Kier alpha value is -2.54. The number of carbonyl (C=O) groups excluding carboxylic acids is 2. The molecule has 0 fully saturated rings. The Labute approximate surface area is 146 Å². The molecule has 0 atom stereocenters. The van der Waals surface area contributed by atoms with E-state index in [1.54, 1.807) is 24.3 Å². The molecule has 0 aliphatic carbocycles. The van der Waals surface area contributed by atoms with E-state index in [1.807, 2.05) is 12.1 Å². The molecule has 2 aromatic carbocycles. The maximum atomic E-state index is 11.9. The van der Waals surface area contributed by atoms with Gasteiger partial charge in [0.2, 0.25) is 6.79 Å². The second kappa shape index (κ2) is 7.35. The Bertz CT molecular complexity index is 778. The van der Waals surface area contributed by atoms with Gasteiger partial charge < -0.3 is 19.5 Å². The summed E-state index contributed by atoms with van der Waals surface area (Å²) in [7, 11) is 0. The van der Waals surface area contributed by atoms with Gasteiger partial charge in [-0.15, -0.1) is 0 Å². The number of rotatable bonds is 6. The summed E-state index contributed by atoms with van der Waals surface area (Å²) in [6.45, 7) is 0.387. The zero-order valence-electron chi connectivity index (χ0n) is 12.6. The van der Waals surface area contributed by atoms with Crippen LogP contribution >= 0.6 is 15.9 Å². The van der Waals surface area contributed by atoms with Crippen LogP contribution in [-0.4, -0.2) is 25.6 Å². The minimum absolute atomic E-state index is 0.174. The Kier molecular flexibility index (Phi) is 5.00. The lowest BCUT2D eigenvalue weighted by Crippen LogP contribution is -2.28. The van der Waals surface area contributed by atoms with Gasteiger partial charge in [0.05, 0.1) is 5.56 Å². The highest BCUT2D eigenvalue weighted by Gasteiger charge is 2.13. The second-order valence-corrected chi connectivity index (χ2v) is 5.97. The predicted octanol–water partition coefficient (Wildman–Crippen LogP) is 2.69. The van der Waals surface area contributed by atoms with Crippen LogP contribution in [0.4, 0.5) is 0 Å². The third-order valence-corrected chi connectivity index (χ3v) is 3.88. The number of hydrogen-bond acceptors (Lipinski definition) is 5. The lowest BCUT2D eigenvalue weighted by molar-refractivity contribution is -0.123. The molecule has 1 amide bonds. The topological polar surface area (TPSA) is 73.9 Å². The summed E-state index contributed by atoms with van der Waals surface area (Å²) in [5, 5.41) is 2.75. The molecule has 0 aromatic heterocycles. The van der Waals surface area contributed by atoms with E-state index < -0.39 is 0 Å². The van der Waals surface area contributed by atoms with Crippen LogP contribution in [0.25, 0.3) is 0 Å². The van der Waals surface area contributed by atoms with Crippen LogP contribution in [0.15, 0.2) is 40.9 Å². The van der Waals surface area contributed by atoms with Crippen LogP contribution in [0.5, 0.6) is 17.2 Å². The van der Waals surface area contributed by atoms with E-state index in [0.29, 0.717) is 35.6 Å². The molecule has 1 aliphatic rings. The SMILES string of the molecule is O=Cc1cc(Br)ccc1OCC(=O)NCc1ccc2c(c1)OCO2. The average molecular weight is 392 g/mol. The summed E-state index contributed by atoms with van der Waals surface area (Å²) in [5.74, 6) is 1.45. The zero-order valence-corrected chi connectivity index (χ0v) is 14.2. The molecule has 7 heteroatoms. The smallest absolute Gasteiger partial charge is 0.258 e. The Morgan fingerprint density at radius 1 is 1.21 bits per heavy atom. The van der Waals surface area contributed by atoms with Gasteiger partial charge in [-0.25, -0.2) is 0 Å². The zero-order chi connectivity index (χ0) is 16.9. The first-order valence-corrected chi connectivity index (χ1v) is 7.98. The molecule has 24 heavy (non-hydrogen) atoms. The standard InChI is InChI=1S/C17H14BrNO5/c18-13-2-4-14(12(6-13)8-20)22-9-17(21)19-7-11-1-3-15-16(5-11)24-10-23-15/h1-6,8H,7,9-10H2,(H,19,21). The van der Waals surface area contributed by atoms with E-state index in [-0.39, 0.29) is 19.3 Å². The van der Waals surface area contributed by atoms with E-state index in [0.717, 1.165) is 10.0 Å². The van der Waals surface area contributed by atoms with Crippen molar-refractivity contribution in [3.63, 3.8) is 0 Å². The summed E-state index contributed by atoms with van der Waals surface area (Å²) in [5.41, 5.74) is 1.28. The summed E-state index contributed by atoms with van der Waals surface area (Å²) >= 11 is 3.28. The van der Waals surface area contributed by atoms with E-state index >= 15 is 0 Å². The van der Waals surface area contributed by atoms with Gasteiger partial charge in [-0.05, 0) is 35.9 Å². The summed E-state index contributed by atoms with van der Waals surface area (Å²) < 4.78 is 16.7. The molecular weight excluding hydrogens is 378 g/mol. The summed E-state index contributed by atoms with van der Waals surface area (Å²) in [6.07, 6.45) is 0.685. The maximum absolute atomic E-state index is 11.9. The van der Waals surface area contributed by atoms with Gasteiger partial charge in [0.1, 0.15) is 5.75 Å². The predicted molar refractivity (Wildman–Crippen MR) is 89.4 cm³/mol. The minimum Gasteiger partial charge on any atom is -0.483 e. The van der Waals surface area contributed by atoms with Gasteiger partial charge in [-0.2, -0.15) is 0 Å². The fourth-order valence-corrected chi connectivity index (χ4v) is 2.57. The van der Waals surface area contributed by atoms with Crippen molar-refractivity contribution in [2.45, 2.75) is 6.54 Å². The summed E-state index contributed by atoms with van der Waals surface area (Å²) in [6, 6.07) is 10.5. The van der Waals surface area contributed by atoms with Crippen molar-refractivity contribution in [2.75, 3.05) is 13.4 Å². The number of carbonyl (C=O) groups is 2. The Morgan fingerprint density at radius 3 is 2.88 bits per heavy atom. The van der Waals surface area contributed by atoms with Gasteiger partial charge in [0.25, 0.3) is 5.91 Å². The monoisotopic (exact) mass is 391 g/mol. The molecule has 0 spiro atoms. The first kappa shape index (κ1) is 16.3. The van der Waals surface area contributed by atoms with Crippen LogP contribution in [0.2, 0.25) is 0 Å². The molecule has 1 heterocycles. The van der Waals surface area contributed by atoms with Gasteiger partial charge in [0.15, 0.2) is 24.4 Å². The van der Waals surface area contributed by atoms with E-state index in [9.17, 15) is 9.59 Å².